The summed E-state index contributed by atoms with van der Waals surface area (Å²) in [6.45, 7) is 7.63. The molecule has 1 fully saturated rings. The average molecular weight is 491 g/mol. The van der Waals surface area contributed by atoms with E-state index in [1.165, 1.54) is 16.2 Å². The summed E-state index contributed by atoms with van der Waals surface area (Å²) in [7, 11) is 0. The van der Waals surface area contributed by atoms with Crippen molar-refractivity contribution in [1.29, 1.82) is 0 Å². The molecule has 7 heteroatoms. The minimum atomic E-state index is -0.702. The summed E-state index contributed by atoms with van der Waals surface area (Å²) in [6, 6.07) is 19.7. The highest BCUT2D eigenvalue weighted by molar-refractivity contribution is 7.10. The van der Waals surface area contributed by atoms with Gasteiger partial charge in [0.25, 0.3) is 5.91 Å². The molecule has 3 aromatic rings. The van der Waals surface area contributed by atoms with Crippen LogP contribution >= 0.6 is 11.3 Å². The van der Waals surface area contributed by atoms with E-state index in [0.29, 0.717) is 24.5 Å². The number of Topliss-reactive ketones (excluding diaryl/α,β-unsaturated/α-hetero) is 1. The molecule has 6 nitrogen and oxygen atoms in total. The molecular weight excluding hydrogens is 460 g/mol. The van der Waals surface area contributed by atoms with E-state index in [2.05, 4.69) is 13.8 Å². The van der Waals surface area contributed by atoms with Crippen LogP contribution in [0, 0.1) is 0 Å². The quantitative estimate of drug-likeness (QED) is 0.269. The number of nitrogens with one attached hydrogen (secondary N) is 1. The number of ketones is 1. The van der Waals surface area contributed by atoms with Crippen LogP contribution < -0.4 is 14.7 Å². The predicted molar refractivity (Wildman–Crippen MR) is 135 cm³/mol. The smallest absolute Gasteiger partial charge is 0.295 e. The zero-order valence-corrected chi connectivity index (χ0v) is 20.8. The van der Waals surface area contributed by atoms with Gasteiger partial charge in [-0.25, -0.2) is 0 Å². The van der Waals surface area contributed by atoms with Crippen LogP contribution in [0.5, 0.6) is 5.75 Å². The van der Waals surface area contributed by atoms with Crippen molar-refractivity contribution in [3.05, 3.63) is 93.7 Å². The Balaban J connectivity index is 1.60. The molecule has 1 N–H and O–H groups in total. The summed E-state index contributed by atoms with van der Waals surface area (Å²) in [6.07, 6.45) is 0. The van der Waals surface area contributed by atoms with Gasteiger partial charge in [-0.3, -0.25) is 9.59 Å². The van der Waals surface area contributed by atoms with Crippen molar-refractivity contribution >= 4 is 28.8 Å². The van der Waals surface area contributed by atoms with Crippen molar-refractivity contribution in [3.8, 4) is 5.75 Å². The second-order valence-electron chi connectivity index (χ2n) is 8.49. The average Bonchev–Trinajstić information content (AvgIpc) is 3.51. The van der Waals surface area contributed by atoms with Crippen LogP contribution in [0.4, 0.5) is 0 Å². The number of carbonyl (C=O) groups is 2. The molecule has 4 rings (SSSR count). The van der Waals surface area contributed by atoms with Crippen LogP contribution in [-0.4, -0.2) is 42.8 Å². The lowest BCUT2D eigenvalue weighted by Crippen LogP contribution is -3.12. The maximum Gasteiger partial charge on any atom is 0.295 e. The zero-order valence-electron chi connectivity index (χ0n) is 20.0. The molecule has 0 radical (unpaired) electrons. The molecule has 1 aliphatic heterocycles. The Bertz CT molecular complexity index is 1170. The molecule has 182 valence electrons. The van der Waals surface area contributed by atoms with Crippen molar-refractivity contribution in [2.45, 2.75) is 26.5 Å². The van der Waals surface area contributed by atoms with Gasteiger partial charge in [0.15, 0.2) is 0 Å². The highest BCUT2D eigenvalue weighted by Gasteiger charge is 2.44. The van der Waals surface area contributed by atoms with Gasteiger partial charge < -0.3 is 19.6 Å². The van der Waals surface area contributed by atoms with Gasteiger partial charge in [-0.1, -0.05) is 54.3 Å². The maximum absolute atomic E-state index is 13.5. The second-order valence-corrected chi connectivity index (χ2v) is 9.47. The number of rotatable bonds is 10. The lowest BCUT2D eigenvalue weighted by Gasteiger charge is -2.27. The second kappa shape index (κ2) is 11.3. The molecule has 0 bridgehead atoms. The summed E-state index contributed by atoms with van der Waals surface area (Å²) < 4.78 is 5.82. The van der Waals surface area contributed by atoms with Crippen LogP contribution in [0.2, 0.25) is 0 Å². The fourth-order valence-electron chi connectivity index (χ4n) is 4.32. The molecule has 0 spiro atoms. The van der Waals surface area contributed by atoms with Gasteiger partial charge in [-0.15, -0.1) is 11.3 Å². The fraction of sp³-hybridized carbons (Fsp3) is 0.286. The van der Waals surface area contributed by atoms with Gasteiger partial charge in [0.1, 0.15) is 12.4 Å². The van der Waals surface area contributed by atoms with Crippen molar-refractivity contribution < 1.29 is 24.3 Å². The molecule has 2 aromatic carbocycles. The molecule has 1 amide bonds. The summed E-state index contributed by atoms with van der Waals surface area (Å²) in [5.41, 5.74) is 1.44. The third-order valence-corrected chi connectivity index (χ3v) is 7.34. The highest BCUT2D eigenvalue weighted by Crippen LogP contribution is 2.40. The van der Waals surface area contributed by atoms with E-state index in [-0.39, 0.29) is 5.57 Å². The van der Waals surface area contributed by atoms with E-state index < -0.39 is 23.5 Å². The van der Waals surface area contributed by atoms with Crippen LogP contribution in [0.15, 0.2) is 77.7 Å². The first-order valence-corrected chi connectivity index (χ1v) is 12.8. The van der Waals surface area contributed by atoms with Gasteiger partial charge >= 0.3 is 0 Å². The first-order chi connectivity index (χ1) is 17.0. The number of nitrogens with zero attached hydrogens (tertiary/aromatic N) is 1. The summed E-state index contributed by atoms with van der Waals surface area (Å²) >= 11 is 1.45. The Morgan fingerprint density at radius 3 is 2.34 bits per heavy atom. The molecule has 1 saturated heterocycles. The lowest BCUT2D eigenvalue weighted by molar-refractivity contribution is -0.895. The van der Waals surface area contributed by atoms with E-state index in [1.807, 2.05) is 47.8 Å². The van der Waals surface area contributed by atoms with Crippen LogP contribution in [0.25, 0.3) is 5.76 Å². The first kappa shape index (κ1) is 24.7. The van der Waals surface area contributed by atoms with Gasteiger partial charge in [-0.2, -0.15) is 0 Å². The topological polar surface area (TPSA) is 74.1 Å². The summed E-state index contributed by atoms with van der Waals surface area (Å²) in [5, 5.41) is 15.4. The lowest BCUT2D eigenvalue weighted by atomic mass is 10.00. The van der Waals surface area contributed by atoms with E-state index in [1.54, 1.807) is 29.2 Å². The minimum Gasteiger partial charge on any atom is -0.872 e. The van der Waals surface area contributed by atoms with Crippen LogP contribution in [0.3, 0.4) is 0 Å². The predicted octanol–water partition coefficient (Wildman–Crippen LogP) is 2.48. The number of likely N-dealkylation sites (tertiary alicyclic amines) is 1. The Kier molecular flexibility index (Phi) is 8.00. The third-order valence-electron chi connectivity index (χ3n) is 6.41. The number of hydrogen-bond acceptors (Lipinski definition) is 5. The fourth-order valence-corrected chi connectivity index (χ4v) is 5.17. The number of carbonyl (C=O) groups excluding carboxylic acids is 2. The number of hydrogen-bond donors (Lipinski definition) is 1. The molecule has 1 atom stereocenters. The Morgan fingerprint density at radius 2 is 1.71 bits per heavy atom. The molecule has 0 saturated carbocycles. The van der Waals surface area contributed by atoms with E-state index in [9.17, 15) is 14.7 Å². The van der Waals surface area contributed by atoms with Crippen molar-refractivity contribution in [3.63, 3.8) is 0 Å². The summed E-state index contributed by atoms with van der Waals surface area (Å²) in [4.78, 5) is 29.8. The monoisotopic (exact) mass is 490 g/mol. The summed E-state index contributed by atoms with van der Waals surface area (Å²) in [5.74, 6) is -1.08. The first-order valence-electron chi connectivity index (χ1n) is 11.9. The van der Waals surface area contributed by atoms with Crippen molar-refractivity contribution in [2.75, 3.05) is 26.2 Å². The normalized spacial score (nSPS) is 17.3. The Morgan fingerprint density at radius 1 is 1.00 bits per heavy atom. The molecule has 1 unspecified atom stereocenters. The Labute approximate surface area is 210 Å². The highest BCUT2D eigenvalue weighted by atomic mass is 32.1. The minimum absolute atomic E-state index is 0.0324. The van der Waals surface area contributed by atoms with Gasteiger partial charge in [0.2, 0.25) is 5.78 Å². The number of amides is 1. The molecular formula is C28H30N2O4S. The third kappa shape index (κ3) is 5.47. The van der Waals surface area contributed by atoms with Crippen LogP contribution in [0.1, 0.15) is 35.9 Å². The maximum atomic E-state index is 13.5. The standard InChI is InChI=1S/C28H30N2O4S/c1-3-29(4-2)16-17-30-25(23-11-8-18-35-23)24(27(32)28(30)33)26(31)21-12-14-22(15-13-21)34-19-20-9-6-5-7-10-20/h5-15,18,25,31H,3-4,16-17,19H2,1-2H3. The van der Waals surface area contributed by atoms with E-state index >= 15 is 0 Å². The number of quaternary nitrogens is 1. The van der Waals surface area contributed by atoms with Crippen molar-refractivity contribution in [1.82, 2.24) is 4.90 Å². The molecule has 1 aromatic heterocycles. The largest absolute Gasteiger partial charge is 0.872 e. The van der Waals surface area contributed by atoms with Gasteiger partial charge in [0, 0.05) is 10.5 Å². The zero-order chi connectivity index (χ0) is 24.8. The van der Waals surface area contributed by atoms with Crippen molar-refractivity contribution in [2.24, 2.45) is 0 Å². The number of thiophene rings is 1. The number of likely N-dealkylation sites (N-methyl/N-ethyl adjacent to an activating group) is 1. The van der Waals surface area contributed by atoms with E-state index in [0.717, 1.165) is 30.1 Å². The molecule has 2 heterocycles. The van der Waals surface area contributed by atoms with Crippen LogP contribution in [-0.2, 0) is 16.2 Å². The number of benzene rings is 2. The molecule has 1 aliphatic rings. The molecule has 35 heavy (non-hydrogen) atoms. The van der Waals surface area contributed by atoms with E-state index in [4.69, 9.17) is 4.74 Å². The SMILES string of the molecule is CC[NH+](CC)CCN1C(=O)C(=O)C(=C([O-])c2ccc(OCc3ccccc3)cc2)C1c1cccs1. The van der Waals surface area contributed by atoms with Gasteiger partial charge in [-0.05, 0) is 48.6 Å². The number of ether oxygens (including phenoxy) is 1. The molecule has 0 aliphatic carbocycles. The Hall–Kier alpha value is -3.42. The van der Waals surface area contributed by atoms with Gasteiger partial charge in [0.05, 0.1) is 32.2 Å².